The van der Waals surface area contributed by atoms with Crippen LogP contribution in [0, 0.1) is 0 Å². The molecule has 2 aliphatic heterocycles. The maximum atomic E-state index is 13.7. The van der Waals surface area contributed by atoms with E-state index in [1.807, 2.05) is 0 Å². The molecule has 1 saturated heterocycles. The number of fused-ring (bicyclic) bond motifs is 2. The normalized spacial score (nSPS) is 22.0. The third kappa shape index (κ3) is 2.96. The van der Waals surface area contributed by atoms with Crippen LogP contribution in [0.1, 0.15) is 17.5 Å². The van der Waals surface area contributed by atoms with E-state index in [1.54, 1.807) is 55.6 Å². The van der Waals surface area contributed by atoms with Crippen molar-refractivity contribution in [3.8, 4) is 0 Å². The predicted molar refractivity (Wildman–Crippen MR) is 116 cm³/mol. The number of amides is 2. The smallest absolute Gasteiger partial charge is 0.296 e. The van der Waals surface area contributed by atoms with Gasteiger partial charge in [-0.15, -0.1) is 0 Å². The van der Waals surface area contributed by atoms with Gasteiger partial charge in [-0.3, -0.25) is 14.4 Å². The summed E-state index contributed by atoms with van der Waals surface area (Å²) in [6, 6.07) is 13.2. The molecule has 0 unspecified atom stereocenters. The molecule has 0 saturated carbocycles. The molecule has 2 amide bonds. The van der Waals surface area contributed by atoms with Gasteiger partial charge in [0.25, 0.3) is 17.6 Å². The lowest BCUT2D eigenvalue weighted by Crippen LogP contribution is -2.51. The van der Waals surface area contributed by atoms with Crippen molar-refractivity contribution in [2.75, 3.05) is 32.2 Å². The third-order valence-electron chi connectivity index (χ3n) is 5.79. The number of aliphatic hydroxyl groups excluding tert-OH is 1. The van der Waals surface area contributed by atoms with Gasteiger partial charge in [-0.2, -0.15) is 0 Å². The number of carbonyl (C=O) groups is 3. The molecule has 160 valence electrons. The van der Waals surface area contributed by atoms with E-state index in [0.717, 1.165) is 0 Å². The monoisotopic (exact) mass is 440 g/mol. The lowest BCUT2D eigenvalue weighted by Gasteiger charge is -2.34. The van der Waals surface area contributed by atoms with Crippen molar-refractivity contribution in [3.63, 3.8) is 0 Å². The molecular formula is C23H21ClN2O5. The number of para-hydroxylation sites is 1. The number of rotatable bonds is 5. The molecule has 2 aliphatic rings. The average molecular weight is 441 g/mol. The van der Waals surface area contributed by atoms with Crippen LogP contribution >= 0.6 is 11.6 Å². The molecule has 0 radical (unpaired) electrons. The summed E-state index contributed by atoms with van der Waals surface area (Å²) in [5.41, 5.74) is -0.628. The number of likely N-dealkylation sites (N-methyl/N-ethyl adjacent to an activating group) is 1. The lowest BCUT2D eigenvalue weighted by molar-refractivity contribution is -0.143. The fourth-order valence-corrected chi connectivity index (χ4v) is 4.52. The minimum absolute atomic E-state index is 0.115. The molecule has 2 aromatic rings. The molecule has 0 aliphatic carbocycles. The van der Waals surface area contributed by atoms with Gasteiger partial charge in [0.1, 0.15) is 5.76 Å². The Kier molecular flexibility index (Phi) is 5.33. The number of likely N-dealkylation sites (tertiary alicyclic amines) is 1. The molecule has 0 bridgehead atoms. The first kappa shape index (κ1) is 21.1. The zero-order chi connectivity index (χ0) is 22.3. The molecule has 2 aromatic carbocycles. The molecule has 0 aromatic heterocycles. The zero-order valence-electron chi connectivity index (χ0n) is 17.1. The summed E-state index contributed by atoms with van der Waals surface area (Å²) in [5, 5.41) is 11.6. The summed E-state index contributed by atoms with van der Waals surface area (Å²) >= 11 is 5.95. The second kappa shape index (κ2) is 7.83. The lowest BCUT2D eigenvalue weighted by atomic mass is 9.82. The van der Waals surface area contributed by atoms with E-state index in [2.05, 4.69) is 0 Å². The van der Waals surface area contributed by atoms with Crippen molar-refractivity contribution in [1.82, 2.24) is 4.90 Å². The van der Waals surface area contributed by atoms with Crippen LogP contribution in [-0.2, 0) is 24.7 Å². The van der Waals surface area contributed by atoms with Gasteiger partial charge >= 0.3 is 0 Å². The Balaban J connectivity index is 2.01. The summed E-state index contributed by atoms with van der Waals surface area (Å²) in [6.45, 7) is 0.464. The van der Waals surface area contributed by atoms with Gasteiger partial charge in [-0.1, -0.05) is 29.8 Å². The van der Waals surface area contributed by atoms with Gasteiger partial charge in [0, 0.05) is 49.1 Å². The summed E-state index contributed by atoms with van der Waals surface area (Å²) in [5.74, 6) is -2.61. The Labute approximate surface area is 184 Å². The predicted octanol–water partition coefficient (Wildman–Crippen LogP) is 2.93. The van der Waals surface area contributed by atoms with Gasteiger partial charge < -0.3 is 19.6 Å². The molecule has 4 rings (SSSR count). The topological polar surface area (TPSA) is 87.1 Å². The Morgan fingerprint density at radius 3 is 2.45 bits per heavy atom. The van der Waals surface area contributed by atoms with Gasteiger partial charge in [0.05, 0.1) is 5.57 Å². The number of methoxy groups -OCH3 is 1. The summed E-state index contributed by atoms with van der Waals surface area (Å²) in [6.07, 6.45) is 0.422. The number of aliphatic hydroxyl groups is 1. The van der Waals surface area contributed by atoms with Crippen molar-refractivity contribution >= 4 is 40.6 Å². The largest absolute Gasteiger partial charge is 0.507 e. The van der Waals surface area contributed by atoms with E-state index < -0.39 is 28.9 Å². The van der Waals surface area contributed by atoms with Crippen LogP contribution in [0.4, 0.5) is 5.69 Å². The van der Waals surface area contributed by atoms with Crippen molar-refractivity contribution in [2.24, 2.45) is 0 Å². The highest BCUT2D eigenvalue weighted by Crippen LogP contribution is 2.53. The molecule has 2 heterocycles. The molecular weight excluding hydrogens is 420 g/mol. The maximum absolute atomic E-state index is 13.7. The number of hydrogen-bond acceptors (Lipinski definition) is 5. The van der Waals surface area contributed by atoms with E-state index >= 15 is 0 Å². The van der Waals surface area contributed by atoms with Crippen LogP contribution in [0.25, 0.3) is 5.76 Å². The van der Waals surface area contributed by atoms with E-state index in [9.17, 15) is 19.5 Å². The number of benzene rings is 2. The fraction of sp³-hybridized carbons (Fsp3) is 0.261. The van der Waals surface area contributed by atoms with Crippen LogP contribution < -0.4 is 4.90 Å². The van der Waals surface area contributed by atoms with Crippen LogP contribution in [0.5, 0.6) is 0 Å². The minimum Gasteiger partial charge on any atom is -0.507 e. The number of Topliss-reactive ketones (excluding diaryl/α,β-unsaturated/α-hetero) is 1. The number of anilines is 1. The fourth-order valence-electron chi connectivity index (χ4n) is 4.39. The highest BCUT2D eigenvalue weighted by atomic mass is 35.5. The molecule has 1 N–H and O–H groups in total. The van der Waals surface area contributed by atoms with Crippen molar-refractivity contribution in [3.05, 3.63) is 70.3 Å². The van der Waals surface area contributed by atoms with Crippen molar-refractivity contribution < 1.29 is 24.2 Å². The number of hydrogen-bond donors (Lipinski definition) is 1. The van der Waals surface area contributed by atoms with Gasteiger partial charge in [-0.25, -0.2) is 0 Å². The van der Waals surface area contributed by atoms with Crippen LogP contribution in [0.15, 0.2) is 54.1 Å². The van der Waals surface area contributed by atoms with Crippen LogP contribution in [0.3, 0.4) is 0 Å². The van der Waals surface area contributed by atoms with Crippen molar-refractivity contribution in [1.29, 1.82) is 0 Å². The molecule has 1 spiro atoms. The highest BCUT2D eigenvalue weighted by Gasteiger charge is 2.66. The molecule has 7 nitrogen and oxygen atoms in total. The number of ether oxygens (including phenoxy) is 1. The summed E-state index contributed by atoms with van der Waals surface area (Å²) < 4.78 is 5.09. The van der Waals surface area contributed by atoms with Gasteiger partial charge in [0.15, 0.2) is 5.54 Å². The number of carbonyl (C=O) groups excluding carboxylic acids is 3. The highest BCUT2D eigenvalue weighted by molar-refractivity contribution is 6.50. The summed E-state index contributed by atoms with van der Waals surface area (Å²) in [7, 11) is 3.13. The Morgan fingerprint density at radius 2 is 1.77 bits per heavy atom. The Bertz CT molecular complexity index is 1110. The Morgan fingerprint density at radius 1 is 1.10 bits per heavy atom. The molecule has 8 heteroatoms. The number of ketones is 1. The first-order valence-electron chi connectivity index (χ1n) is 9.78. The van der Waals surface area contributed by atoms with Crippen molar-refractivity contribution in [2.45, 2.75) is 12.0 Å². The number of nitrogens with zero attached hydrogens (tertiary/aromatic N) is 2. The first-order valence-corrected chi connectivity index (χ1v) is 10.2. The van der Waals surface area contributed by atoms with E-state index in [4.69, 9.17) is 16.3 Å². The van der Waals surface area contributed by atoms with E-state index in [1.165, 1.54) is 16.9 Å². The van der Waals surface area contributed by atoms with Crippen LogP contribution in [0.2, 0.25) is 5.02 Å². The average Bonchev–Trinajstić information content (AvgIpc) is 3.13. The SMILES string of the molecule is COCCCN1C(=O)C(=O)C(=C(O)c2ccc(Cl)cc2)[C@@]12C(=O)N(C)c1ccccc12. The van der Waals surface area contributed by atoms with E-state index in [-0.39, 0.29) is 12.1 Å². The Hall–Kier alpha value is -3.16. The first-order chi connectivity index (χ1) is 14.9. The van der Waals surface area contributed by atoms with E-state index in [0.29, 0.717) is 34.9 Å². The second-order valence-corrected chi connectivity index (χ2v) is 7.89. The summed E-state index contributed by atoms with van der Waals surface area (Å²) in [4.78, 5) is 42.7. The standard InChI is InChI=1S/C23H21ClN2O5/c1-25-17-7-4-3-6-16(17)23(22(25)30)18(19(27)14-8-10-15(24)11-9-14)20(28)21(29)26(23)12-5-13-31-2/h3-4,6-11,27H,5,12-13H2,1-2H3/t23-/m0/s1. The molecule has 1 fully saturated rings. The second-order valence-electron chi connectivity index (χ2n) is 7.45. The minimum atomic E-state index is -1.74. The zero-order valence-corrected chi connectivity index (χ0v) is 17.8. The molecule has 31 heavy (non-hydrogen) atoms. The molecule has 1 atom stereocenters. The number of halogens is 1. The van der Waals surface area contributed by atoms with Gasteiger partial charge in [-0.05, 0) is 36.8 Å². The van der Waals surface area contributed by atoms with Crippen LogP contribution in [-0.4, -0.2) is 54.9 Å². The third-order valence-corrected chi connectivity index (χ3v) is 6.04. The maximum Gasteiger partial charge on any atom is 0.296 e. The quantitative estimate of drug-likeness (QED) is 0.334. The van der Waals surface area contributed by atoms with Gasteiger partial charge in [0.2, 0.25) is 0 Å².